The normalized spacial score (nSPS) is 24.9. The summed E-state index contributed by atoms with van der Waals surface area (Å²) in [7, 11) is 0. The van der Waals surface area contributed by atoms with E-state index in [1.165, 1.54) is 37.8 Å². The van der Waals surface area contributed by atoms with E-state index in [0.717, 1.165) is 13.0 Å². The zero-order valence-corrected chi connectivity index (χ0v) is 14.0. The summed E-state index contributed by atoms with van der Waals surface area (Å²) in [4.78, 5) is 2.72. The van der Waals surface area contributed by atoms with Gasteiger partial charge in [-0.3, -0.25) is 4.90 Å². The van der Waals surface area contributed by atoms with Crippen molar-refractivity contribution in [3.63, 3.8) is 0 Å². The molecule has 1 fully saturated rings. The summed E-state index contributed by atoms with van der Waals surface area (Å²) in [5.41, 5.74) is 1.45. The Kier molecular flexibility index (Phi) is 6.72. The van der Waals surface area contributed by atoms with E-state index in [1.807, 2.05) is 0 Å². The van der Waals surface area contributed by atoms with Crippen molar-refractivity contribution in [3.05, 3.63) is 35.9 Å². The molecule has 2 heteroatoms. The molecule has 118 valence electrons. The van der Waals surface area contributed by atoms with Gasteiger partial charge in [0, 0.05) is 31.2 Å². The van der Waals surface area contributed by atoms with Crippen LogP contribution in [-0.4, -0.2) is 36.1 Å². The van der Waals surface area contributed by atoms with Crippen LogP contribution in [0.4, 0.5) is 0 Å². The first-order chi connectivity index (χ1) is 10.2. The van der Waals surface area contributed by atoms with Gasteiger partial charge in [-0.15, -0.1) is 0 Å². The monoisotopic (exact) mass is 288 g/mol. The van der Waals surface area contributed by atoms with Crippen LogP contribution in [-0.2, 0) is 6.42 Å². The highest BCUT2D eigenvalue weighted by molar-refractivity contribution is 5.16. The zero-order valence-electron chi connectivity index (χ0n) is 14.0. The average molecular weight is 288 g/mol. The summed E-state index contributed by atoms with van der Waals surface area (Å²) in [5.74, 6) is 0. The van der Waals surface area contributed by atoms with Gasteiger partial charge in [-0.1, -0.05) is 56.5 Å². The van der Waals surface area contributed by atoms with Crippen molar-refractivity contribution < 1.29 is 0 Å². The maximum atomic E-state index is 3.73. The van der Waals surface area contributed by atoms with Crippen LogP contribution in [0.3, 0.4) is 0 Å². The van der Waals surface area contributed by atoms with E-state index in [2.05, 4.69) is 61.3 Å². The Morgan fingerprint density at radius 3 is 2.71 bits per heavy atom. The second-order valence-corrected chi connectivity index (χ2v) is 6.69. The lowest BCUT2D eigenvalue weighted by Crippen LogP contribution is -2.58. The molecule has 1 aliphatic rings. The van der Waals surface area contributed by atoms with Gasteiger partial charge in [-0.05, 0) is 32.3 Å². The van der Waals surface area contributed by atoms with Crippen LogP contribution in [0.15, 0.2) is 30.3 Å². The predicted molar refractivity (Wildman–Crippen MR) is 91.7 cm³/mol. The van der Waals surface area contributed by atoms with Crippen molar-refractivity contribution in [1.29, 1.82) is 0 Å². The number of hydrogen-bond donors (Lipinski definition) is 1. The van der Waals surface area contributed by atoms with E-state index in [0.29, 0.717) is 18.1 Å². The van der Waals surface area contributed by atoms with E-state index >= 15 is 0 Å². The first-order valence-corrected chi connectivity index (χ1v) is 8.73. The number of unbranched alkanes of at least 4 members (excludes halogenated alkanes) is 2. The van der Waals surface area contributed by atoms with Gasteiger partial charge in [-0.2, -0.15) is 0 Å². The van der Waals surface area contributed by atoms with Crippen LogP contribution >= 0.6 is 0 Å². The summed E-state index contributed by atoms with van der Waals surface area (Å²) in [6, 6.07) is 12.8. The number of nitrogens with one attached hydrogen (secondary N) is 1. The molecule has 0 spiro atoms. The lowest BCUT2D eigenvalue weighted by atomic mass is 9.99. The van der Waals surface area contributed by atoms with Crippen LogP contribution in [0.5, 0.6) is 0 Å². The predicted octanol–water partition coefficient (Wildman–Crippen LogP) is 3.86. The maximum Gasteiger partial charge on any atom is 0.0236 e. The van der Waals surface area contributed by atoms with Crippen molar-refractivity contribution in [2.75, 3.05) is 13.1 Å². The minimum atomic E-state index is 0.595. The van der Waals surface area contributed by atoms with Gasteiger partial charge in [-0.25, -0.2) is 0 Å². The SMILES string of the molecule is CCCCCC(C)N1CC(Cc2ccccc2)NCC1C. The Morgan fingerprint density at radius 1 is 1.24 bits per heavy atom. The molecule has 0 radical (unpaired) electrons. The van der Waals surface area contributed by atoms with Crippen LogP contribution in [0, 0.1) is 0 Å². The third kappa shape index (κ3) is 5.12. The lowest BCUT2D eigenvalue weighted by Gasteiger charge is -2.42. The molecule has 1 aromatic rings. The minimum Gasteiger partial charge on any atom is -0.311 e. The number of piperazine rings is 1. The minimum absolute atomic E-state index is 0.595. The van der Waals surface area contributed by atoms with Crippen molar-refractivity contribution in [1.82, 2.24) is 10.2 Å². The number of rotatable bonds is 7. The molecule has 1 aliphatic heterocycles. The average Bonchev–Trinajstić information content (AvgIpc) is 2.50. The number of hydrogen-bond acceptors (Lipinski definition) is 2. The first-order valence-electron chi connectivity index (χ1n) is 8.73. The van der Waals surface area contributed by atoms with Gasteiger partial charge < -0.3 is 5.32 Å². The van der Waals surface area contributed by atoms with E-state index < -0.39 is 0 Å². The Morgan fingerprint density at radius 2 is 2.00 bits per heavy atom. The van der Waals surface area contributed by atoms with E-state index in [-0.39, 0.29) is 0 Å². The Labute approximate surface area is 130 Å². The summed E-state index contributed by atoms with van der Waals surface area (Å²) in [6.07, 6.45) is 6.55. The third-order valence-corrected chi connectivity index (χ3v) is 4.82. The van der Waals surface area contributed by atoms with Crippen molar-refractivity contribution in [2.45, 2.75) is 71.0 Å². The second-order valence-electron chi connectivity index (χ2n) is 6.69. The molecule has 21 heavy (non-hydrogen) atoms. The fraction of sp³-hybridized carbons (Fsp3) is 0.684. The Bertz CT molecular complexity index is 390. The van der Waals surface area contributed by atoms with E-state index in [4.69, 9.17) is 0 Å². The van der Waals surface area contributed by atoms with E-state index in [9.17, 15) is 0 Å². The van der Waals surface area contributed by atoms with Gasteiger partial charge >= 0.3 is 0 Å². The number of nitrogens with zero attached hydrogens (tertiary/aromatic N) is 1. The highest BCUT2D eigenvalue weighted by atomic mass is 15.2. The van der Waals surface area contributed by atoms with Crippen LogP contribution in [0.25, 0.3) is 0 Å². The summed E-state index contributed by atoms with van der Waals surface area (Å²) in [6.45, 7) is 9.37. The summed E-state index contributed by atoms with van der Waals surface area (Å²) in [5, 5.41) is 3.73. The Balaban J connectivity index is 1.86. The standard InChI is InChI=1S/C19H32N2/c1-4-5-7-10-16(2)21-15-19(20-14-17(21)3)13-18-11-8-6-9-12-18/h6,8-9,11-12,16-17,19-20H,4-5,7,10,13-15H2,1-3H3. The van der Waals surface area contributed by atoms with Gasteiger partial charge in [0.05, 0.1) is 0 Å². The van der Waals surface area contributed by atoms with Gasteiger partial charge in [0.25, 0.3) is 0 Å². The molecule has 2 rings (SSSR count). The summed E-state index contributed by atoms with van der Waals surface area (Å²) < 4.78 is 0. The molecular formula is C19H32N2. The molecule has 2 nitrogen and oxygen atoms in total. The fourth-order valence-corrected chi connectivity index (χ4v) is 3.46. The fourth-order valence-electron chi connectivity index (χ4n) is 3.46. The highest BCUT2D eigenvalue weighted by Crippen LogP contribution is 2.18. The molecule has 3 atom stereocenters. The molecule has 1 heterocycles. The maximum absolute atomic E-state index is 3.73. The van der Waals surface area contributed by atoms with E-state index in [1.54, 1.807) is 0 Å². The van der Waals surface area contributed by atoms with Crippen LogP contribution < -0.4 is 5.32 Å². The van der Waals surface area contributed by atoms with Crippen molar-refractivity contribution >= 4 is 0 Å². The van der Waals surface area contributed by atoms with Gasteiger partial charge in [0.2, 0.25) is 0 Å². The molecular weight excluding hydrogens is 256 g/mol. The quantitative estimate of drug-likeness (QED) is 0.766. The number of benzene rings is 1. The third-order valence-electron chi connectivity index (χ3n) is 4.82. The molecule has 1 saturated heterocycles. The molecule has 0 aliphatic carbocycles. The van der Waals surface area contributed by atoms with Crippen molar-refractivity contribution in [2.24, 2.45) is 0 Å². The molecule has 0 aromatic heterocycles. The molecule has 0 bridgehead atoms. The molecule has 1 N–H and O–H groups in total. The lowest BCUT2D eigenvalue weighted by molar-refractivity contribution is 0.0928. The smallest absolute Gasteiger partial charge is 0.0236 e. The topological polar surface area (TPSA) is 15.3 Å². The zero-order chi connectivity index (χ0) is 15.1. The first kappa shape index (κ1) is 16.5. The van der Waals surface area contributed by atoms with Crippen LogP contribution in [0.1, 0.15) is 52.0 Å². The molecule has 1 aromatic carbocycles. The molecule has 0 amide bonds. The van der Waals surface area contributed by atoms with Gasteiger partial charge in [0.1, 0.15) is 0 Å². The van der Waals surface area contributed by atoms with Gasteiger partial charge in [0.15, 0.2) is 0 Å². The van der Waals surface area contributed by atoms with Crippen LogP contribution in [0.2, 0.25) is 0 Å². The second kappa shape index (κ2) is 8.55. The highest BCUT2D eigenvalue weighted by Gasteiger charge is 2.28. The van der Waals surface area contributed by atoms with Crippen molar-refractivity contribution in [3.8, 4) is 0 Å². The molecule has 3 unspecified atom stereocenters. The molecule has 0 saturated carbocycles. The Hall–Kier alpha value is -0.860. The largest absolute Gasteiger partial charge is 0.311 e. The summed E-state index contributed by atoms with van der Waals surface area (Å²) >= 11 is 0.